The fraction of sp³-hybridized carbons (Fsp3) is 0.364. The Kier molecular flexibility index (Phi) is 3.03. The molecule has 2 nitrogen and oxygen atoms in total. The van der Waals surface area contributed by atoms with Crippen LogP contribution in [0.4, 0.5) is 0 Å². The van der Waals surface area contributed by atoms with Crippen LogP contribution >= 0.6 is 27.5 Å². The summed E-state index contributed by atoms with van der Waals surface area (Å²) < 4.78 is 0. The maximum Gasteiger partial charge on any atom is 0.231 e. The van der Waals surface area contributed by atoms with Crippen LogP contribution in [-0.2, 0) is 10.3 Å². The Morgan fingerprint density at radius 2 is 2.27 bits per heavy atom. The van der Waals surface area contributed by atoms with Crippen molar-refractivity contribution in [1.29, 1.82) is 0 Å². The van der Waals surface area contributed by atoms with Crippen molar-refractivity contribution in [1.82, 2.24) is 5.32 Å². The molecule has 0 bridgehead atoms. The van der Waals surface area contributed by atoms with Gasteiger partial charge < -0.3 is 5.32 Å². The Hall–Kier alpha value is -0.540. The lowest BCUT2D eigenvalue weighted by Gasteiger charge is -2.17. The maximum atomic E-state index is 11.3. The predicted octanol–water partition coefficient (Wildman–Crippen LogP) is 2.84. The Balaban J connectivity index is 2.19. The van der Waals surface area contributed by atoms with E-state index < -0.39 is 0 Å². The zero-order chi connectivity index (χ0) is 10.9. The molecule has 0 saturated heterocycles. The number of nitrogens with one attached hydrogen (secondary N) is 1. The highest BCUT2D eigenvalue weighted by atomic mass is 79.9. The van der Waals surface area contributed by atoms with Gasteiger partial charge in [0.25, 0.3) is 0 Å². The van der Waals surface area contributed by atoms with Gasteiger partial charge in [0.1, 0.15) is 0 Å². The number of amides is 1. The molecule has 4 heteroatoms. The maximum absolute atomic E-state index is 11.3. The Morgan fingerprint density at radius 1 is 1.53 bits per heavy atom. The molecule has 1 aliphatic carbocycles. The molecule has 0 radical (unpaired) electrons. The summed E-state index contributed by atoms with van der Waals surface area (Å²) in [5.74, 6) is 0.0208. The smallest absolute Gasteiger partial charge is 0.231 e. The highest BCUT2D eigenvalue weighted by Crippen LogP contribution is 2.45. The first-order valence-electron chi connectivity index (χ1n) is 4.79. The molecule has 0 atom stereocenters. The van der Waals surface area contributed by atoms with Crippen LogP contribution in [0.25, 0.3) is 0 Å². The molecule has 1 aromatic carbocycles. The molecule has 1 fully saturated rings. The number of alkyl halides is 1. The van der Waals surface area contributed by atoms with Crippen LogP contribution in [0, 0.1) is 0 Å². The van der Waals surface area contributed by atoms with E-state index in [-0.39, 0.29) is 11.4 Å². The predicted molar refractivity (Wildman–Crippen MR) is 64.3 cm³/mol. The molecule has 0 spiro atoms. The van der Waals surface area contributed by atoms with E-state index in [4.69, 9.17) is 11.6 Å². The monoisotopic (exact) mass is 287 g/mol. The first kappa shape index (κ1) is 11.0. The van der Waals surface area contributed by atoms with E-state index in [1.165, 1.54) is 0 Å². The summed E-state index contributed by atoms with van der Waals surface area (Å²) in [4.78, 5) is 11.3. The molecule has 0 heterocycles. The van der Waals surface area contributed by atoms with Gasteiger partial charge in [-0.1, -0.05) is 39.7 Å². The van der Waals surface area contributed by atoms with Crippen molar-refractivity contribution in [3.8, 4) is 0 Å². The van der Waals surface area contributed by atoms with E-state index in [2.05, 4.69) is 21.2 Å². The van der Waals surface area contributed by atoms with Gasteiger partial charge in [-0.2, -0.15) is 0 Å². The minimum absolute atomic E-state index is 0.0208. The summed E-state index contributed by atoms with van der Waals surface area (Å²) in [6, 6.07) is 7.68. The highest BCUT2D eigenvalue weighted by Gasteiger charge is 2.45. The summed E-state index contributed by atoms with van der Waals surface area (Å²) in [5, 5.41) is 4.07. The van der Waals surface area contributed by atoms with Gasteiger partial charge in [-0.05, 0) is 30.5 Å². The van der Waals surface area contributed by atoms with Crippen molar-refractivity contribution in [2.24, 2.45) is 0 Å². The Morgan fingerprint density at radius 3 is 2.80 bits per heavy atom. The molecular formula is C11H11BrClNO. The molecule has 1 amide bonds. The van der Waals surface area contributed by atoms with E-state index in [1.54, 1.807) is 0 Å². The normalized spacial score (nSPS) is 17.2. The van der Waals surface area contributed by atoms with Gasteiger partial charge in [-0.3, -0.25) is 4.79 Å². The number of carbonyl (C=O) groups excluding carboxylic acids is 1. The largest absolute Gasteiger partial charge is 0.346 e. The van der Waals surface area contributed by atoms with Gasteiger partial charge >= 0.3 is 0 Å². The average Bonchev–Trinajstić information content (AvgIpc) is 2.99. The molecule has 0 aliphatic heterocycles. The number of carbonyl (C=O) groups is 1. The van der Waals surface area contributed by atoms with Gasteiger partial charge in [0.15, 0.2) is 0 Å². The third-order valence-corrected chi connectivity index (χ3v) is 3.37. The van der Waals surface area contributed by atoms with Gasteiger partial charge in [0, 0.05) is 5.02 Å². The lowest BCUT2D eigenvalue weighted by Crippen LogP contribution is -2.35. The van der Waals surface area contributed by atoms with Gasteiger partial charge in [0.05, 0.1) is 10.9 Å². The number of hydrogen-bond acceptors (Lipinski definition) is 1. The van der Waals surface area contributed by atoms with Crippen LogP contribution in [0.2, 0.25) is 5.02 Å². The van der Waals surface area contributed by atoms with E-state index in [1.807, 2.05) is 24.3 Å². The van der Waals surface area contributed by atoms with Crippen LogP contribution in [-0.4, -0.2) is 11.2 Å². The fourth-order valence-electron chi connectivity index (χ4n) is 1.70. The fourth-order valence-corrected chi connectivity index (χ4v) is 2.03. The molecule has 0 aromatic heterocycles. The molecule has 2 rings (SSSR count). The quantitative estimate of drug-likeness (QED) is 0.852. The number of halogens is 2. The van der Waals surface area contributed by atoms with E-state index >= 15 is 0 Å². The molecule has 15 heavy (non-hydrogen) atoms. The third-order valence-electron chi connectivity index (χ3n) is 2.63. The summed E-state index contributed by atoms with van der Waals surface area (Å²) in [6.45, 7) is 0. The van der Waals surface area contributed by atoms with Gasteiger partial charge in [0.2, 0.25) is 5.91 Å². The SMILES string of the molecule is O=C(CBr)NC1(c2cccc(Cl)c2)CC1. The molecule has 1 aliphatic rings. The minimum atomic E-state index is -0.157. The van der Waals surface area contributed by atoms with Crippen molar-refractivity contribution in [2.45, 2.75) is 18.4 Å². The summed E-state index contributed by atoms with van der Waals surface area (Å²) in [6.07, 6.45) is 1.98. The third kappa shape index (κ3) is 2.34. The first-order valence-corrected chi connectivity index (χ1v) is 6.29. The van der Waals surface area contributed by atoms with E-state index in [0.29, 0.717) is 10.4 Å². The van der Waals surface area contributed by atoms with Crippen LogP contribution in [0.3, 0.4) is 0 Å². The van der Waals surface area contributed by atoms with Crippen LogP contribution in [0.15, 0.2) is 24.3 Å². The minimum Gasteiger partial charge on any atom is -0.346 e. The number of hydrogen-bond donors (Lipinski definition) is 1. The second-order valence-electron chi connectivity index (χ2n) is 3.77. The lowest BCUT2D eigenvalue weighted by atomic mass is 10.1. The molecule has 1 aromatic rings. The van der Waals surface area contributed by atoms with Crippen LogP contribution in [0.5, 0.6) is 0 Å². The van der Waals surface area contributed by atoms with Crippen LogP contribution < -0.4 is 5.32 Å². The average molecular weight is 289 g/mol. The van der Waals surface area contributed by atoms with Crippen molar-refractivity contribution in [3.05, 3.63) is 34.9 Å². The lowest BCUT2D eigenvalue weighted by molar-refractivity contribution is -0.119. The van der Waals surface area contributed by atoms with E-state index in [0.717, 1.165) is 18.4 Å². The zero-order valence-corrected chi connectivity index (χ0v) is 10.4. The molecular weight excluding hydrogens is 277 g/mol. The summed E-state index contributed by atoms with van der Waals surface area (Å²) >= 11 is 9.07. The highest BCUT2D eigenvalue weighted by molar-refractivity contribution is 9.09. The second-order valence-corrected chi connectivity index (χ2v) is 4.77. The van der Waals surface area contributed by atoms with Crippen molar-refractivity contribution >= 4 is 33.4 Å². The summed E-state index contributed by atoms with van der Waals surface area (Å²) in [5.41, 5.74) is 0.944. The second kappa shape index (κ2) is 4.14. The van der Waals surface area contributed by atoms with Crippen LogP contribution in [0.1, 0.15) is 18.4 Å². The van der Waals surface area contributed by atoms with E-state index in [9.17, 15) is 4.79 Å². The van der Waals surface area contributed by atoms with Gasteiger partial charge in [-0.25, -0.2) is 0 Å². The summed E-state index contributed by atoms with van der Waals surface area (Å²) in [7, 11) is 0. The Labute approximate surface area is 102 Å². The van der Waals surface area contributed by atoms with Crippen molar-refractivity contribution < 1.29 is 4.79 Å². The molecule has 80 valence electrons. The molecule has 0 unspecified atom stereocenters. The zero-order valence-electron chi connectivity index (χ0n) is 8.09. The molecule has 1 saturated carbocycles. The Bertz CT molecular complexity index is 390. The van der Waals surface area contributed by atoms with Crippen molar-refractivity contribution in [3.63, 3.8) is 0 Å². The van der Waals surface area contributed by atoms with Crippen molar-refractivity contribution in [2.75, 3.05) is 5.33 Å². The number of rotatable bonds is 3. The number of benzene rings is 1. The van der Waals surface area contributed by atoms with Gasteiger partial charge in [-0.15, -0.1) is 0 Å². The molecule has 1 N–H and O–H groups in total. The topological polar surface area (TPSA) is 29.1 Å². The standard InChI is InChI=1S/C11H11BrClNO/c12-7-10(15)14-11(4-5-11)8-2-1-3-9(13)6-8/h1-3,6H,4-5,7H2,(H,14,15). The first-order chi connectivity index (χ1) is 7.16.